The van der Waals surface area contributed by atoms with Crippen LogP contribution in [0.5, 0.6) is 0 Å². The second kappa shape index (κ2) is 4.72. The Morgan fingerprint density at radius 3 is 2.39 bits per heavy atom. The third-order valence-electron chi connectivity index (χ3n) is 2.78. The zero-order valence-corrected chi connectivity index (χ0v) is 10.6. The Labute approximate surface area is 105 Å². The van der Waals surface area contributed by atoms with Crippen molar-refractivity contribution in [3.63, 3.8) is 0 Å². The van der Waals surface area contributed by atoms with Crippen molar-refractivity contribution in [1.29, 1.82) is 0 Å². The fraction of sp³-hybridized carbons (Fsp3) is 0.286. The number of carbonyl (C=O) groups is 1. The molecule has 1 heterocycles. The highest BCUT2D eigenvalue weighted by Gasteiger charge is 2.17. The lowest BCUT2D eigenvalue weighted by Gasteiger charge is -2.12. The van der Waals surface area contributed by atoms with Crippen molar-refractivity contribution in [1.82, 2.24) is 9.78 Å². The molecule has 0 spiro atoms. The number of carbonyl (C=O) groups excluding carboxylic acids is 1. The molecular formula is C14H15FN2O. The number of Topliss-reactive ketones (excluding diaryl/α,β-unsaturated/α-hetero) is 1. The molecule has 3 nitrogen and oxygen atoms in total. The Hall–Kier alpha value is -1.97. The van der Waals surface area contributed by atoms with Gasteiger partial charge in [0.1, 0.15) is 5.82 Å². The molecule has 4 heteroatoms. The predicted molar refractivity (Wildman–Crippen MR) is 68.0 cm³/mol. The highest BCUT2D eigenvalue weighted by molar-refractivity contribution is 5.99. The molecule has 18 heavy (non-hydrogen) atoms. The number of hydrogen-bond donors (Lipinski definition) is 0. The van der Waals surface area contributed by atoms with Crippen molar-refractivity contribution < 1.29 is 9.18 Å². The van der Waals surface area contributed by atoms with Crippen LogP contribution >= 0.6 is 0 Å². The average molecular weight is 246 g/mol. The lowest BCUT2D eigenvalue weighted by Crippen LogP contribution is -2.06. The second-order valence-corrected chi connectivity index (χ2v) is 4.51. The van der Waals surface area contributed by atoms with Gasteiger partial charge >= 0.3 is 0 Å². The molecule has 0 unspecified atom stereocenters. The lowest BCUT2D eigenvalue weighted by atomic mass is 10.1. The molecule has 0 aliphatic rings. The van der Waals surface area contributed by atoms with Crippen LogP contribution in [-0.4, -0.2) is 15.6 Å². The van der Waals surface area contributed by atoms with E-state index in [9.17, 15) is 9.18 Å². The van der Waals surface area contributed by atoms with Crippen LogP contribution in [0.3, 0.4) is 0 Å². The summed E-state index contributed by atoms with van der Waals surface area (Å²) in [4.78, 5) is 11.6. The molecule has 0 bridgehead atoms. The summed E-state index contributed by atoms with van der Waals surface area (Å²) in [7, 11) is 0. The molecule has 0 saturated carbocycles. The molecule has 0 amide bonds. The van der Waals surface area contributed by atoms with Crippen molar-refractivity contribution in [3.05, 3.63) is 41.8 Å². The molecule has 1 aromatic heterocycles. The van der Waals surface area contributed by atoms with E-state index in [1.165, 1.54) is 19.1 Å². The summed E-state index contributed by atoms with van der Waals surface area (Å²) in [6, 6.07) is 6.24. The molecule has 0 saturated heterocycles. The number of aromatic nitrogens is 2. The maximum atomic E-state index is 13.0. The van der Waals surface area contributed by atoms with Gasteiger partial charge in [-0.3, -0.25) is 9.48 Å². The number of hydrogen-bond acceptors (Lipinski definition) is 2. The van der Waals surface area contributed by atoms with Crippen LogP contribution in [0.15, 0.2) is 30.5 Å². The number of halogens is 1. The summed E-state index contributed by atoms with van der Waals surface area (Å²) < 4.78 is 14.7. The fourth-order valence-corrected chi connectivity index (χ4v) is 1.91. The number of nitrogens with zero attached hydrogens (tertiary/aromatic N) is 2. The van der Waals surface area contributed by atoms with E-state index in [2.05, 4.69) is 5.10 Å². The first-order chi connectivity index (χ1) is 8.50. The van der Waals surface area contributed by atoms with E-state index in [-0.39, 0.29) is 17.6 Å². The Morgan fingerprint density at radius 1 is 1.28 bits per heavy atom. The minimum absolute atomic E-state index is 0.0405. The summed E-state index contributed by atoms with van der Waals surface area (Å²) in [6.07, 6.45) is 1.57. The van der Waals surface area contributed by atoms with Crippen LogP contribution in [0.4, 0.5) is 4.39 Å². The van der Waals surface area contributed by atoms with Crippen molar-refractivity contribution in [2.75, 3.05) is 0 Å². The molecule has 0 fully saturated rings. The highest BCUT2D eigenvalue weighted by atomic mass is 19.1. The minimum Gasteiger partial charge on any atom is -0.294 e. The molecular weight excluding hydrogens is 231 g/mol. The van der Waals surface area contributed by atoms with Crippen LogP contribution in [0, 0.1) is 5.82 Å². The summed E-state index contributed by atoms with van der Waals surface area (Å²) >= 11 is 0. The molecule has 2 aromatic rings. The van der Waals surface area contributed by atoms with Gasteiger partial charge in [-0.05, 0) is 45.0 Å². The molecule has 0 N–H and O–H groups in total. The molecule has 2 rings (SSSR count). The smallest absolute Gasteiger partial charge is 0.163 e. The SMILES string of the molecule is CC(=O)c1cnn(C(C)C)c1-c1ccc(F)cc1. The Kier molecular flexibility index (Phi) is 3.28. The Bertz CT molecular complexity index is 570. The first-order valence-electron chi connectivity index (χ1n) is 5.85. The van der Waals surface area contributed by atoms with Crippen LogP contribution in [0.1, 0.15) is 37.2 Å². The lowest BCUT2D eigenvalue weighted by molar-refractivity contribution is 0.101. The van der Waals surface area contributed by atoms with Gasteiger partial charge in [-0.1, -0.05) is 0 Å². The van der Waals surface area contributed by atoms with Gasteiger partial charge in [0.25, 0.3) is 0 Å². The van der Waals surface area contributed by atoms with Crippen molar-refractivity contribution in [2.45, 2.75) is 26.8 Å². The van der Waals surface area contributed by atoms with Crippen LogP contribution < -0.4 is 0 Å². The molecule has 94 valence electrons. The largest absolute Gasteiger partial charge is 0.294 e. The summed E-state index contributed by atoms with van der Waals surface area (Å²) in [5, 5.41) is 4.24. The summed E-state index contributed by atoms with van der Waals surface area (Å²) in [5.41, 5.74) is 2.11. The zero-order chi connectivity index (χ0) is 13.3. The molecule has 1 aromatic carbocycles. The van der Waals surface area contributed by atoms with Gasteiger partial charge in [0.05, 0.1) is 17.5 Å². The number of ketones is 1. The van der Waals surface area contributed by atoms with Gasteiger partial charge < -0.3 is 0 Å². The number of rotatable bonds is 3. The van der Waals surface area contributed by atoms with Gasteiger partial charge in [-0.2, -0.15) is 5.10 Å². The molecule has 0 aliphatic heterocycles. The molecule has 0 radical (unpaired) electrons. The maximum absolute atomic E-state index is 13.0. The first-order valence-corrected chi connectivity index (χ1v) is 5.85. The summed E-state index contributed by atoms with van der Waals surface area (Å²) in [6.45, 7) is 5.49. The quantitative estimate of drug-likeness (QED) is 0.777. The van der Waals surface area contributed by atoms with E-state index < -0.39 is 0 Å². The zero-order valence-electron chi connectivity index (χ0n) is 10.6. The van der Waals surface area contributed by atoms with E-state index in [1.807, 2.05) is 13.8 Å². The van der Waals surface area contributed by atoms with Gasteiger partial charge in [-0.15, -0.1) is 0 Å². The third-order valence-corrected chi connectivity index (χ3v) is 2.78. The molecule has 0 aliphatic carbocycles. The van der Waals surface area contributed by atoms with Crippen LogP contribution in [0.2, 0.25) is 0 Å². The monoisotopic (exact) mass is 246 g/mol. The maximum Gasteiger partial charge on any atom is 0.163 e. The van der Waals surface area contributed by atoms with E-state index >= 15 is 0 Å². The predicted octanol–water partition coefficient (Wildman–Crippen LogP) is 3.47. The van der Waals surface area contributed by atoms with Gasteiger partial charge in [0.2, 0.25) is 0 Å². The Balaban J connectivity index is 2.63. The van der Waals surface area contributed by atoms with Gasteiger partial charge in [0.15, 0.2) is 5.78 Å². The Morgan fingerprint density at radius 2 is 1.89 bits per heavy atom. The van der Waals surface area contributed by atoms with Crippen LogP contribution in [0.25, 0.3) is 11.3 Å². The average Bonchev–Trinajstić information content (AvgIpc) is 2.74. The van der Waals surface area contributed by atoms with Crippen molar-refractivity contribution in [2.24, 2.45) is 0 Å². The van der Waals surface area contributed by atoms with E-state index in [1.54, 1.807) is 23.0 Å². The first kappa shape index (κ1) is 12.5. The molecule has 0 atom stereocenters. The topological polar surface area (TPSA) is 34.9 Å². The van der Waals surface area contributed by atoms with Gasteiger partial charge in [-0.25, -0.2) is 4.39 Å². The van der Waals surface area contributed by atoms with E-state index in [0.29, 0.717) is 5.56 Å². The number of benzene rings is 1. The van der Waals surface area contributed by atoms with Crippen molar-refractivity contribution >= 4 is 5.78 Å². The fourth-order valence-electron chi connectivity index (χ4n) is 1.91. The highest BCUT2D eigenvalue weighted by Crippen LogP contribution is 2.27. The minimum atomic E-state index is -0.293. The van der Waals surface area contributed by atoms with Crippen LogP contribution in [-0.2, 0) is 0 Å². The van der Waals surface area contributed by atoms with E-state index in [4.69, 9.17) is 0 Å². The van der Waals surface area contributed by atoms with E-state index in [0.717, 1.165) is 11.3 Å². The van der Waals surface area contributed by atoms with Gasteiger partial charge in [0, 0.05) is 11.6 Å². The normalized spacial score (nSPS) is 10.9. The standard InChI is InChI=1S/C14H15FN2O/c1-9(2)17-14(13(8-16-17)10(3)18)11-4-6-12(15)7-5-11/h4-9H,1-3H3. The van der Waals surface area contributed by atoms with Crippen molar-refractivity contribution in [3.8, 4) is 11.3 Å². The third kappa shape index (κ3) is 2.18. The summed E-state index contributed by atoms with van der Waals surface area (Å²) in [5.74, 6) is -0.333. The second-order valence-electron chi connectivity index (χ2n) is 4.51.